The minimum Gasteiger partial charge on any atom is -0.496 e. The first-order valence-electron chi connectivity index (χ1n) is 11.6. The van der Waals surface area contributed by atoms with Gasteiger partial charge < -0.3 is 20.3 Å². The van der Waals surface area contributed by atoms with Crippen LogP contribution in [0.2, 0.25) is 0 Å². The fourth-order valence-electron chi connectivity index (χ4n) is 4.38. The maximum Gasteiger partial charge on any atom is 0.320 e. The van der Waals surface area contributed by atoms with Crippen LogP contribution in [0.4, 0.5) is 17.5 Å². The van der Waals surface area contributed by atoms with Gasteiger partial charge >= 0.3 is 5.69 Å². The zero-order valence-corrected chi connectivity index (χ0v) is 20.4. The van der Waals surface area contributed by atoms with Gasteiger partial charge in [-0.15, -0.1) is 0 Å². The van der Waals surface area contributed by atoms with Gasteiger partial charge in [0.25, 0.3) is 10.8 Å². The Labute approximate surface area is 204 Å². The molecule has 35 heavy (non-hydrogen) atoms. The van der Waals surface area contributed by atoms with E-state index < -0.39 is 0 Å². The molecule has 1 aromatic heterocycles. The second-order valence-corrected chi connectivity index (χ2v) is 8.77. The SMILES string of the molecule is COc1cc([N+](=O)OC)ccc1C(=O)NC1CCC(Nc2nc(N(C)C)c3ccccc3n2)CC1. The Bertz CT molecular complexity index is 1220. The van der Waals surface area contributed by atoms with E-state index in [1.807, 2.05) is 43.3 Å². The van der Waals surface area contributed by atoms with Gasteiger partial charge in [0.15, 0.2) is 7.11 Å². The number of ether oxygens (including phenoxy) is 1. The number of carbonyl (C=O) groups is 1. The van der Waals surface area contributed by atoms with Crippen LogP contribution >= 0.6 is 0 Å². The summed E-state index contributed by atoms with van der Waals surface area (Å²) in [7, 11) is 6.69. The molecule has 1 aliphatic rings. The number of nitrogens with one attached hydrogen (secondary N) is 2. The molecule has 2 N–H and O–H groups in total. The van der Waals surface area contributed by atoms with Crippen molar-refractivity contribution in [2.24, 2.45) is 0 Å². The summed E-state index contributed by atoms with van der Waals surface area (Å²) in [5, 5.41) is 7.60. The monoisotopic (exact) mass is 479 g/mol. The molecular formula is C25H31N6O4+. The third kappa shape index (κ3) is 5.42. The Morgan fingerprint density at radius 1 is 1.03 bits per heavy atom. The van der Waals surface area contributed by atoms with Crippen LogP contribution < -0.4 is 20.3 Å². The average Bonchev–Trinajstić information content (AvgIpc) is 2.88. The number of fused-ring (bicyclic) bond motifs is 1. The van der Waals surface area contributed by atoms with Crippen LogP contribution in [-0.4, -0.2) is 61.2 Å². The highest BCUT2D eigenvalue weighted by Gasteiger charge is 2.26. The molecular weight excluding hydrogens is 448 g/mol. The molecule has 184 valence electrons. The highest BCUT2D eigenvalue weighted by Crippen LogP contribution is 2.28. The number of methoxy groups -OCH3 is 1. The lowest BCUT2D eigenvalue weighted by molar-refractivity contribution is -0.736. The number of aromatic nitrogens is 2. The van der Waals surface area contributed by atoms with Crippen molar-refractivity contribution in [3.63, 3.8) is 0 Å². The van der Waals surface area contributed by atoms with Crippen molar-refractivity contribution in [3.8, 4) is 5.75 Å². The minimum atomic E-state index is -0.229. The molecule has 0 aliphatic heterocycles. The summed E-state index contributed by atoms with van der Waals surface area (Å²) in [5.74, 6) is 1.59. The molecule has 0 radical (unpaired) electrons. The number of hydrogen-bond donors (Lipinski definition) is 2. The van der Waals surface area contributed by atoms with Crippen LogP contribution in [0, 0.1) is 4.91 Å². The fourth-order valence-corrected chi connectivity index (χ4v) is 4.38. The first-order chi connectivity index (χ1) is 16.9. The van der Waals surface area contributed by atoms with Gasteiger partial charge in [-0.1, -0.05) is 12.1 Å². The van der Waals surface area contributed by atoms with Gasteiger partial charge in [0.2, 0.25) is 5.95 Å². The quantitative estimate of drug-likeness (QED) is 0.469. The van der Waals surface area contributed by atoms with Crippen molar-refractivity contribution < 1.29 is 19.3 Å². The Balaban J connectivity index is 1.37. The van der Waals surface area contributed by atoms with E-state index in [0.717, 1.165) is 42.4 Å². The molecule has 2 aromatic carbocycles. The molecule has 1 heterocycles. The topological polar surface area (TPSA) is 109 Å². The van der Waals surface area contributed by atoms with Gasteiger partial charge in [0.05, 0.1) is 29.2 Å². The molecule has 1 saturated carbocycles. The molecule has 10 nitrogen and oxygen atoms in total. The second kappa shape index (κ2) is 10.5. The van der Waals surface area contributed by atoms with E-state index >= 15 is 0 Å². The number of hydrogen-bond acceptors (Lipinski definition) is 8. The maximum atomic E-state index is 12.9. The average molecular weight is 480 g/mol. The van der Waals surface area contributed by atoms with Gasteiger partial charge in [0.1, 0.15) is 11.6 Å². The predicted molar refractivity (Wildman–Crippen MR) is 134 cm³/mol. The summed E-state index contributed by atoms with van der Waals surface area (Å²) in [6.45, 7) is 0. The van der Waals surface area contributed by atoms with E-state index in [2.05, 4.69) is 15.5 Å². The molecule has 0 unspecified atom stereocenters. The number of rotatable bonds is 8. The number of amides is 1. The van der Waals surface area contributed by atoms with Crippen molar-refractivity contribution in [3.05, 3.63) is 52.9 Å². The third-order valence-corrected chi connectivity index (χ3v) is 6.21. The standard InChI is InChI=1S/C25H30N6O4/c1-30(2)23-19-7-5-6-8-21(19)28-25(29-23)27-17-11-9-16(10-12-17)26-24(32)20-14-13-18(31(33)35-4)15-22(20)34-3/h5-8,13-17H,9-12H2,1-4H3,(H-,26,27,28,29,32)/p+1. The minimum absolute atomic E-state index is 0.0507. The zero-order chi connectivity index (χ0) is 24.9. The third-order valence-electron chi connectivity index (χ3n) is 6.21. The normalized spacial score (nSPS) is 17.5. The number of para-hydroxylation sites is 1. The van der Waals surface area contributed by atoms with Crippen LogP contribution in [0.1, 0.15) is 36.0 Å². The number of nitrogens with zero attached hydrogens (tertiary/aromatic N) is 4. The summed E-state index contributed by atoms with van der Waals surface area (Å²) < 4.78 is 5.32. The van der Waals surface area contributed by atoms with Gasteiger partial charge in [-0.25, -0.2) is 9.82 Å². The Morgan fingerprint density at radius 2 is 1.74 bits per heavy atom. The lowest BCUT2D eigenvalue weighted by Gasteiger charge is -2.30. The van der Waals surface area contributed by atoms with Crippen molar-refractivity contribution in [2.75, 3.05) is 38.5 Å². The molecule has 0 spiro atoms. The highest BCUT2D eigenvalue weighted by molar-refractivity contribution is 5.97. The molecule has 0 saturated heterocycles. The lowest BCUT2D eigenvalue weighted by Crippen LogP contribution is -2.40. The summed E-state index contributed by atoms with van der Waals surface area (Å²) in [6.07, 6.45) is 3.42. The van der Waals surface area contributed by atoms with Crippen molar-refractivity contribution in [2.45, 2.75) is 37.8 Å². The van der Waals surface area contributed by atoms with Gasteiger partial charge in [-0.2, -0.15) is 4.98 Å². The van der Waals surface area contributed by atoms with Crippen molar-refractivity contribution >= 4 is 34.3 Å². The predicted octanol–water partition coefficient (Wildman–Crippen LogP) is 3.83. The molecule has 1 aliphatic carbocycles. The zero-order valence-electron chi connectivity index (χ0n) is 20.4. The van der Waals surface area contributed by atoms with Crippen LogP contribution in [0.15, 0.2) is 42.5 Å². The van der Waals surface area contributed by atoms with Gasteiger partial charge in [-0.3, -0.25) is 4.79 Å². The second-order valence-electron chi connectivity index (χ2n) is 8.77. The van der Waals surface area contributed by atoms with Gasteiger partial charge in [0, 0.05) is 37.6 Å². The molecule has 0 atom stereocenters. The van der Waals surface area contributed by atoms with E-state index in [-0.39, 0.29) is 23.7 Å². The van der Waals surface area contributed by atoms with Crippen molar-refractivity contribution in [1.29, 1.82) is 0 Å². The summed E-state index contributed by atoms with van der Waals surface area (Å²) >= 11 is 0. The molecule has 1 amide bonds. The molecule has 4 rings (SSSR count). The smallest absolute Gasteiger partial charge is 0.320 e. The molecule has 1 fully saturated rings. The first kappa shape index (κ1) is 24.2. The van der Waals surface area contributed by atoms with E-state index in [9.17, 15) is 9.70 Å². The number of benzene rings is 2. The summed E-state index contributed by atoms with van der Waals surface area (Å²) in [4.78, 5) is 41.0. The Morgan fingerprint density at radius 3 is 2.43 bits per heavy atom. The van der Waals surface area contributed by atoms with Crippen LogP contribution in [0.25, 0.3) is 10.9 Å². The van der Waals surface area contributed by atoms with Crippen molar-refractivity contribution in [1.82, 2.24) is 15.3 Å². The largest absolute Gasteiger partial charge is 0.496 e. The van der Waals surface area contributed by atoms with E-state index in [1.165, 1.54) is 26.4 Å². The number of carbonyl (C=O) groups excluding carboxylic acids is 1. The van der Waals surface area contributed by atoms with Crippen LogP contribution in [-0.2, 0) is 4.84 Å². The first-order valence-corrected chi connectivity index (χ1v) is 11.6. The number of anilines is 2. The molecule has 10 heteroatoms. The van der Waals surface area contributed by atoms with E-state index in [0.29, 0.717) is 22.2 Å². The van der Waals surface area contributed by atoms with Crippen LogP contribution in [0.5, 0.6) is 5.75 Å². The highest BCUT2D eigenvalue weighted by atomic mass is 16.8. The fraction of sp³-hybridized carbons (Fsp3) is 0.400. The van der Waals surface area contributed by atoms with E-state index in [4.69, 9.17) is 14.7 Å². The summed E-state index contributed by atoms with van der Waals surface area (Å²) in [5.41, 5.74) is 1.53. The molecule has 0 bridgehead atoms. The van der Waals surface area contributed by atoms with E-state index in [1.54, 1.807) is 6.07 Å². The molecule has 3 aromatic rings. The Kier molecular flexibility index (Phi) is 7.28. The van der Waals surface area contributed by atoms with Gasteiger partial charge in [-0.05, 0) is 43.9 Å². The Hall–Kier alpha value is -3.95. The summed E-state index contributed by atoms with van der Waals surface area (Å²) in [6, 6.07) is 12.8. The lowest BCUT2D eigenvalue weighted by atomic mass is 9.91. The maximum absolute atomic E-state index is 12.9. The van der Waals surface area contributed by atoms with Crippen LogP contribution in [0.3, 0.4) is 0 Å².